The summed E-state index contributed by atoms with van der Waals surface area (Å²) in [6.07, 6.45) is 0.647. The summed E-state index contributed by atoms with van der Waals surface area (Å²) in [5.41, 5.74) is 8.99. The van der Waals surface area contributed by atoms with Crippen LogP contribution in [0.2, 0.25) is 5.15 Å². The van der Waals surface area contributed by atoms with E-state index in [2.05, 4.69) is 21.0 Å². The summed E-state index contributed by atoms with van der Waals surface area (Å²) < 4.78 is 2.69. The largest absolute Gasteiger partial charge is 0.321 e. The molecule has 0 fully saturated rings. The molecule has 1 unspecified atom stereocenters. The quantitative estimate of drug-likeness (QED) is 0.927. The van der Waals surface area contributed by atoms with E-state index < -0.39 is 5.54 Å². The van der Waals surface area contributed by atoms with Gasteiger partial charge in [-0.05, 0) is 31.9 Å². The Hall–Kier alpha value is -0.840. The van der Waals surface area contributed by atoms with E-state index in [4.69, 9.17) is 17.3 Å². The minimum absolute atomic E-state index is 0.502. The van der Waals surface area contributed by atoms with Crippen LogP contribution in [0.15, 0.2) is 28.7 Å². The van der Waals surface area contributed by atoms with Gasteiger partial charge in [0.2, 0.25) is 0 Å². The van der Waals surface area contributed by atoms with Gasteiger partial charge in [-0.15, -0.1) is 0 Å². The maximum atomic E-state index is 6.49. The molecule has 0 aliphatic rings. The SMILES string of the molecule is Cc1nn(C)c(Cl)c1CC(C)(N)c1ccccc1Br. The Morgan fingerprint density at radius 1 is 1.42 bits per heavy atom. The molecule has 0 bridgehead atoms. The first-order valence-electron chi connectivity index (χ1n) is 6.05. The van der Waals surface area contributed by atoms with E-state index in [9.17, 15) is 0 Å². The van der Waals surface area contributed by atoms with Crippen LogP contribution >= 0.6 is 27.5 Å². The molecule has 1 aromatic heterocycles. The first kappa shape index (κ1) is 14.6. The molecular formula is C14H17BrClN3. The van der Waals surface area contributed by atoms with Crippen molar-refractivity contribution in [3.05, 3.63) is 50.7 Å². The van der Waals surface area contributed by atoms with Crippen molar-refractivity contribution in [2.75, 3.05) is 0 Å². The highest BCUT2D eigenvalue weighted by molar-refractivity contribution is 9.10. The van der Waals surface area contributed by atoms with Crippen LogP contribution < -0.4 is 5.73 Å². The van der Waals surface area contributed by atoms with Gasteiger partial charge in [0.25, 0.3) is 0 Å². The van der Waals surface area contributed by atoms with Gasteiger partial charge in [-0.25, -0.2) is 0 Å². The molecule has 0 radical (unpaired) electrons. The van der Waals surface area contributed by atoms with Crippen LogP contribution in [0.4, 0.5) is 0 Å². The van der Waals surface area contributed by atoms with Gasteiger partial charge in [-0.2, -0.15) is 5.10 Å². The van der Waals surface area contributed by atoms with Crippen LogP contribution in [-0.2, 0) is 19.0 Å². The predicted molar refractivity (Wildman–Crippen MR) is 82.3 cm³/mol. The number of hydrogen-bond donors (Lipinski definition) is 1. The minimum atomic E-state index is -0.502. The molecule has 0 spiro atoms. The van der Waals surface area contributed by atoms with Crippen molar-refractivity contribution in [2.45, 2.75) is 25.8 Å². The fraction of sp³-hybridized carbons (Fsp3) is 0.357. The lowest BCUT2D eigenvalue weighted by molar-refractivity contribution is 0.488. The normalized spacial score (nSPS) is 14.4. The Labute approximate surface area is 126 Å². The summed E-state index contributed by atoms with van der Waals surface area (Å²) in [6.45, 7) is 3.97. The average Bonchev–Trinajstić information content (AvgIpc) is 2.56. The van der Waals surface area contributed by atoms with E-state index in [1.165, 1.54) is 0 Å². The fourth-order valence-corrected chi connectivity index (χ4v) is 3.24. The van der Waals surface area contributed by atoms with Gasteiger partial charge in [0, 0.05) is 22.6 Å². The second kappa shape index (κ2) is 5.27. The van der Waals surface area contributed by atoms with Crippen LogP contribution in [0.1, 0.15) is 23.7 Å². The molecule has 0 saturated heterocycles. The van der Waals surface area contributed by atoms with Crippen LogP contribution in [0.25, 0.3) is 0 Å². The topological polar surface area (TPSA) is 43.8 Å². The van der Waals surface area contributed by atoms with Crippen molar-refractivity contribution < 1.29 is 0 Å². The third-order valence-electron chi connectivity index (χ3n) is 3.30. The van der Waals surface area contributed by atoms with Crippen LogP contribution in [0, 0.1) is 6.92 Å². The van der Waals surface area contributed by atoms with Gasteiger partial charge >= 0.3 is 0 Å². The predicted octanol–water partition coefficient (Wildman–Crippen LogP) is 3.56. The second-order valence-corrected chi connectivity index (χ2v) is 6.26. The lowest BCUT2D eigenvalue weighted by Gasteiger charge is -2.26. The van der Waals surface area contributed by atoms with Crippen LogP contribution in [0.5, 0.6) is 0 Å². The number of hydrogen-bond acceptors (Lipinski definition) is 2. The van der Waals surface area contributed by atoms with Gasteiger partial charge in [0.15, 0.2) is 0 Å². The molecule has 1 aromatic carbocycles. The summed E-state index contributed by atoms with van der Waals surface area (Å²) in [5.74, 6) is 0. The zero-order valence-electron chi connectivity index (χ0n) is 11.2. The summed E-state index contributed by atoms with van der Waals surface area (Å²) in [5, 5.41) is 4.98. The molecule has 2 N–H and O–H groups in total. The van der Waals surface area contributed by atoms with E-state index in [1.54, 1.807) is 4.68 Å². The van der Waals surface area contributed by atoms with Gasteiger partial charge in [0.05, 0.1) is 5.69 Å². The molecule has 3 nitrogen and oxygen atoms in total. The van der Waals surface area contributed by atoms with Gasteiger partial charge in [0.1, 0.15) is 5.15 Å². The maximum absolute atomic E-state index is 6.49. The minimum Gasteiger partial charge on any atom is -0.321 e. The number of rotatable bonds is 3. The summed E-state index contributed by atoms with van der Waals surface area (Å²) in [7, 11) is 1.84. The van der Waals surface area contributed by atoms with Crippen molar-refractivity contribution in [3.8, 4) is 0 Å². The van der Waals surface area contributed by atoms with Crippen molar-refractivity contribution in [1.29, 1.82) is 0 Å². The monoisotopic (exact) mass is 341 g/mol. The van der Waals surface area contributed by atoms with Crippen LogP contribution in [0.3, 0.4) is 0 Å². The lowest BCUT2D eigenvalue weighted by Crippen LogP contribution is -2.36. The van der Waals surface area contributed by atoms with E-state index >= 15 is 0 Å². The van der Waals surface area contributed by atoms with Crippen molar-refractivity contribution in [1.82, 2.24) is 9.78 Å². The molecule has 102 valence electrons. The average molecular weight is 343 g/mol. The molecule has 1 heterocycles. The number of benzene rings is 1. The number of nitrogens with zero attached hydrogens (tertiary/aromatic N) is 2. The van der Waals surface area contributed by atoms with E-state index in [0.717, 1.165) is 21.3 Å². The second-order valence-electron chi connectivity index (χ2n) is 5.05. The zero-order valence-corrected chi connectivity index (χ0v) is 13.6. The smallest absolute Gasteiger partial charge is 0.130 e. The Bertz CT molecular complexity index is 605. The third-order valence-corrected chi connectivity index (χ3v) is 4.47. The first-order chi connectivity index (χ1) is 8.83. The Morgan fingerprint density at radius 3 is 2.58 bits per heavy atom. The molecule has 5 heteroatoms. The van der Waals surface area contributed by atoms with Gasteiger partial charge in [-0.3, -0.25) is 4.68 Å². The van der Waals surface area contributed by atoms with Crippen LogP contribution in [-0.4, -0.2) is 9.78 Å². The summed E-state index contributed by atoms with van der Waals surface area (Å²) in [4.78, 5) is 0. The molecule has 0 saturated carbocycles. The highest BCUT2D eigenvalue weighted by Gasteiger charge is 2.27. The molecule has 1 atom stereocenters. The molecule has 0 aliphatic heterocycles. The van der Waals surface area contributed by atoms with E-state index in [1.807, 2.05) is 45.2 Å². The van der Waals surface area contributed by atoms with Crippen molar-refractivity contribution in [2.24, 2.45) is 12.8 Å². The first-order valence-corrected chi connectivity index (χ1v) is 7.22. The van der Waals surface area contributed by atoms with Gasteiger partial charge in [-0.1, -0.05) is 45.7 Å². The highest BCUT2D eigenvalue weighted by atomic mass is 79.9. The number of halogens is 2. The molecular weight excluding hydrogens is 326 g/mol. The Kier molecular flexibility index (Phi) is 4.04. The standard InChI is InChI=1S/C14H17BrClN3/c1-9-10(13(16)19(3)18-9)8-14(2,17)11-6-4-5-7-12(11)15/h4-7H,8,17H2,1-3H3. The van der Waals surface area contributed by atoms with E-state index in [-0.39, 0.29) is 0 Å². The van der Waals surface area contributed by atoms with Gasteiger partial charge < -0.3 is 5.73 Å². The number of aryl methyl sites for hydroxylation is 2. The third kappa shape index (κ3) is 2.86. The Morgan fingerprint density at radius 2 is 2.05 bits per heavy atom. The molecule has 0 aliphatic carbocycles. The van der Waals surface area contributed by atoms with E-state index in [0.29, 0.717) is 11.6 Å². The lowest BCUT2D eigenvalue weighted by atomic mass is 9.87. The van der Waals surface area contributed by atoms with Crippen molar-refractivity contribution in [3.63, 3.8) is 0 Å². The van der Waals surface area contributed by atoms with Crippen molar-refractivity contribution >= 4 is 27.5 Å². The maximum Gasteiger partial charge on any atom is 0.130 e. The number of nitrogens with two attached hydrogens (primary N) is 1. The zero-order chi connectivity index (χ0) is 14.2. The summed E-state index contributed by atoms with van der Waals surface area (Å²) >= 11 is 9.83. The molecule has 0 amide bonds. The molecule has 19 heavy (non-hydrogen) atoms. The molecule has 2 aromatic rings. The molecule has 2 rings (SSSR count). The fourth-order valence-electron chi connectivity index (χ4n) is 2.26. The Balaban J connectivity index is 2.39. The highest BCUT2D eigenvalue weighted by Crippen LogP contribution is 2.32. The summed E-state index contributed by atoms with van der Waals surface area (Å²) in [6, 6.07) is 8.00. The number of aromatic nitrogens is 2.